The number of hydrogen-bond acceptors (Lipinski definition) is 8. The monoisotopic (exact) mass is 572 g/mol. The van der Waals surface area contributed by atoms with E-state index < -0.39 is 24.2 Å². The number of fused-ring (bicyclic) bond motifs is 2. The standard InChI is InChI=1S/C27H26N2O5.C2HF3O2/c1-33-18-12-10-17(11-13-18)16-22(28)27(32)34-15-5-14-29-23-9-4-8-21-24(23)26(31)20-7-3-2-6-19(20)25(21)30;3-2(4,5)1(6)7/h2-4,6-13,22,29H,5,14-16,28H2,1H3;(H,6,7)/t22-;/m0./s1. The highest BCUT2D eigenvalue weighted by atomic mass is 19.4. The molecule has 0 unspecified atom stereocenters. The van der Waals surface area contributed by atoms with Crippen molar-refractivity contribution in [2.75, 3.05) is 25.6 Å². The van der Waals surface area contributed by atoms with Gasteiger partial charge >= 0.3 is 18.1 Å². The van der Waals surface area contributed by atoms with Crippen molar-refractivity contribution in [1.29, 1.82) is 0 Å². The van der Waals surface area contributed by atoms with Crippen LogP contribution in [0.4, 0.5) is 18.9 Å². The van der Waals surface area contributed by atoms with Crippen molar-refractivity contribution in [2.24, 2.45) is 5.73 Å². The average molecular weight is 573 g/mol. The van der Waals surface area contributed by atoms with Gasteiger partial charge in [0.05, 0.1) is 19.3 Å². The van der Waals surface area contributed by atoms with Gasteiger partial charge in [0.15, 0.2) is 11.6 Å². The molecule has 3 aromatic rings. The number of halogens is 3. The van der Waals surface area contributed by atoms with Crippen LogP contribution in [0.5, 0.6) is 5.75 Å². The van der Waals surface area contributed by atoms with Crippen LogP contribution in [0.25, 0.3) is 0 Å². The van der Waals surface area contributed by atoms with E-state index in [1.807, 2.05) is 24.3 Å². The number of carbonyl (C=O) groups excluding carboxylic acids is 3. The Hall–Kier alpha value is -4.71. The SMILES string of the molecule is COc1ccc(C[C@H](N)C(=O)OCCCNc2cccc3c2C(=O)c2ccccc2C3=O)cc1.O=C(O)C(F)(F)F. The molecule has 0 spiro atoms. The number of hydrogen-bond donors (Lipinski definition) is 3. The first-order valence-electron chi connectivity index (χ1n) is 12.3. The molecule has 0 saturated carbocycles. The fraction of sp³-hybridized carbons (Fsp3) is 0.241. The Morgan fingerprint density at radius 1 is 0.927 bits per heavy atom. The molecule has 1 aliphatic carbocycles. The lowest BCUT2D eigenvalue weighted by Gasteiger charge is -2.20. The van der Waals surface area contributed by atoms with Gasteiger partial charge in [-0.1, -0.05) is 48.5 Å². The maximum atomic E-state index is 13.0. The number of aliphatic carboxylic acids is 1. The van der Waals surface area contributed by atoms with Crippen molar-refractivity contribution >= 4 is 29.2 Å². The number of rotatable bonds is 9. The minimum atomic E-state index is -5.08. The van der Waals surface area contributed by atoms with Gasteiger partial charge in [-0.05, 0) is 36.6 Å². The zero-order chi connectivity index (χ0) is 30.2. The van der Waals surface area contributed by atoms with Gasteiger partial charge in [0.2, 0.25) is 0 Å². The third-order valence-electron chi connectivity index (χ3n) is 5.99. The topological polar surface area (TPSA) is 145 Å². The van der Waals surface area contributed by atoms with Crippen molar-refractivity contribution in [2.45, 2.75) is 25.1 Å². The van der Waals surface area contributed by atoms with Gasteiger partial charge in [-0.3, -0.25) is 14.4 Å². The summed E-state index contributed by atoms with van der Waals surface area (Å²) < 4.78 is 42.2. The zero-order valence-electron chi connectivity index (χ0n) is 21.9. The molecular weight excluding hydrogens is 545 g/mol. The zero-order valence-corrected chi connectivity index (χ0v) is 21.9. The number of ketones is 2. The van der Waals surface area contributed by atoms with Gasteiger partial charge in [0, 0.05) is 28.9 Å². The summed E-state index contributed by atoms with van der Waals surface area (Å²) in [7, 11) is 1.59. The second kappa shape index (κ2) is 13.6. The summed E-state index contributed by atoms with van der Waals surface area (Å²) in [4.78, 5) is 47.0. The van der Waals surface area contributed by atoms with Gasteiger partial charge < -0.3 is 25.6 Å². The molecule has 41 heavy (non-hydrogen) atoms. The molecule has 3 aromatic carbocycles. The second-order valence-electron chi connectivity index (χ2n) is 8.84. The maximum Gasteiger partial charge on any atom is 0.490 e. The Labute approximate surface area is 233 Å². The van der Waals surface area contributed by atoms with Crippen LogP contribution < -0.4 is 15.8 Å². The summed E-state index contributed by atoms with van der Waals surface area (Å²) in [5.74, 6) is -2.82. The Morgan fingerprint density at radius 2 is 1.51 bits per heavy atom. The molecule has 0 radical (unpaired) electrons. The van der Waals surface area contributed by atoms with Gasteiger partial charge in [-0.15, -0.1) is 0 Å². The van der Waals surface area contributed by atoms with Gasteiger partial charge in [0.25, 0.3) is 0 Å². The average Bonchev–Trinajstić information content (AvgIpc) is 2.95. The van der Waals surface area contributed by atoms with Crippen molar-refractivity contribution in [1.82, 2.24) is 0 Å². The number of carboxylic acid groups (broad SMARTS) is 1. The highest BCUT2D eigenvalue weighted by molar-refractivity contribution is 6.30. The highest BCUT2D eigenvalue weighted by Gasteiger charge is 2.38. The normalized spacial score (nSPS) is 12.7. The molecule has 4 N–H and O–H groups in total. The fourth-order valence-electron chi connectivity index (χ4n) is 3.97. The fourth-order valence-corrected chi connectivity index (χ4v) is 3.97. The summed E-state index contributed by atoms with van der Waals surface area (Å²) >= 11 is 0. The number of anilines is 1. The van der Waals surface area contributed by atoms with Crippen molar-refractivity contribution in [3.8, 4) is 5.75 Å². The van der Waals surface area contributed by atoms with Crippen LogP contribution in [0.15, 0.2) is 66.7 Å². The molecule has 9 nitrogen and oxygen atoms in total. The van der Waals surface area contributed by atoms with Crippen LogP contribution in [0.3, 0.4) is 0 Å². The number of carbonyl (C=O) groups is 4. The van der Waals surface area contributed by atoms with Crippen LogP contribution in [0, 0.1) is 0 Å². The summed E-state index contributed by atoms with van der Waals surface area (Å²) in [6.45, 7) is 0.646. The van der Waals surface area contributed by atoms with E-state index in [1.165, 1.54) is 0 Å². The highest BCUT2D eigenvalue weighted by Crippen LogP contribution is 2.31. The number of esters is 1. The van der Waals surface area contributed by atoms with E-state index in [1.54, 1.807) is 49.6 Å². The molecule has 216 valence electrons. The Balaban J connectivity index is 0.000000587. The van der Waals surface area contributed by atoms with Crippen LogP contribution in [0.1, 0.15) is 43.8 Å². The minimum Gasteiger partial charge on any atom is -0.497 e. The molecule has 0 bridgehead atoms. The predicted molar refractivity (Wildman–Crippen MR) is 142 cm³/mol. The van der Waals surface area contributed by atoms with E-state index in [9.17, 15) is 27.6 Å². The van der Waals surface area contributed by atoms with Gasteiger partial charge in [0.1, 0.15) is 11.8 Å². The smallest absolute Gasteiger partial charge is 0.490 e. The van der Waals surface area contributed by atoms with Gasteiger partial charge in [-0.2, -0.15) is 13.2 Å². The third kappa shape index (κ3) is 7.92. The van der Waals surface area contributed by atoms with Crippen LogP contribution in [-0.2, 0) is 20.7 Å². The lowest BCUT2D eigenvalue weighted by Crippen LogP contribution is -2.34. The van der Waals surface area contributed by atoms with Crippen molar-refractivity contribution < 1.29 is 46.9 Å². The minimum absolute atomic E-state index is 0.159. The molecule has 4 rings (SSSR count). The van der Waals surface area contributed by atoms with E-state index in [4.69, 9.17) is 25.1 Å². The van der Waals surface area contributed by atoms with Crippen LogP contribution in [-0.4, -0.2) is 61.1 Å². The van der Waals surface area contributed by atoms with Gasteiger partial charge in [-0.25, -0.2) is 4.79 Å². The molecule has 1 atom stereocenters. The Morgan fingerprint density at radius 3 is 2.10 bits per heavy atom. The van der Waals surface area contributed by atoms with Crippen LogP contribution >= 0.6 is 0 Å². The number of methoxy groups -OCH3 is 1. The van der Waals surface area contributed by atoms with Crippen molar-refractivity contribution in [3.63, 3.8) is 0 Å². The third-order valence-corrected chi connectivity index (χ3v) is 5.99. The summed E-state index contributed by atoms with van der Waals surface area (Å²) in [5.41, 5.74) is 9.10. The molecule has 0 saturated heterocycles. The van der Waals surface area contributed by atoms with E-state index in [2.05, 4.69) is 5.32 Å². The Kier molecular flexibility index (Phi) is 10.2. The quantitative estimate of drug-likeness (QED) is 0.200. The molecular formula is C29H27F3N2O7. The molecule has 0 amide bonds. The first-order valence-corrected chi connectivity index (χ1v) is 12.3. The van der Waals surface area contributed by atoms with E-state index in [0.717, 1.165) is 11.3 Å². The Bertz CT molecular complexity index is 1420. The van der Waals surface area contributed by atoms with E-state index >= 15 is 0 Å². The van der Waals surface area contributed by atoms with Crippen molar-refractivity contribution in [3.05, 3.63) is 94.5 Å². The lowest BCUT2D eigenvalue weighted by molar-refractivity contribution is -0.192. The molecule has 1 aliphatic rings. The summed E-state index contributed by atoms with van der Waals surface area (Å²) in [5, 5.41) is 10.3. The number of nitrogens with two attached hydrogens (primary N) is 1. The lowest BCUT2D eigenvalue weighted by atomic mass is 9.83. The number of alkyl halides is 3. The summed E-state index contributed by atoms with van der Waals surface area (Å²) in [6, 6.07) is 18.6. The number of carboxylic acids is 1. The molecule has 0 fully saturated rings. The number of benzene rings is 3. The summed E-state index contributed by atoms with van der Waals surface area (Å²) in [6.07, 6.45) is -4.20. The first-order chi connectivity index (χ1) is 19.4. The molecule has 0 aromatic heterocycles. The predicted octanol–water partition coefficient (Wildman–Crippen LogP) is 4.02. The second-order valence-corrected chi connectivity index (χ2v) is 8.84. The van der Waals surface area contributed by atoms with Crippen LogP contribution in [0.2, 0.25) is 0 Å². The largest absolute Gasteiger partial charge is 0.497 e. The van der Waals surface area contributed by atoms with E-state index in [-0.39, 0.29) is 18.2 Å². The molecule has 0 heterocycles. The molecule has 12 heteroatoms. The maximum absolute atomic E-state index is 13.0. The number of ether oxygens (including phenoxy) is 2. The number of nitrogens with one attached hydrogen (secondary N) is 1. The first kappa shape index (κ1) is 30.8. The molecule has 0 aliphatic heterocycles. The van der Waals surface area contributed by atoms with E-state index in [0.29, 0.717) is 47.3 Å².